The Morgan fingerprint density at radius 1 is 0.600 bits per heavy atom. The molecule has 0 amide bonds. The second-order valence-corrected chi connectivity index (χ2v) is 10.5. The van der Waals surface area contributed by atoms with Crippen molar-refractivity contribution in [2.45, 2.75) is 66.2 Å². The zero-order valence-electron chi connectivity index (χ0n) is 25.3. The average molecular weight is 547 g/mol. The maximum atomic E-state index is 13.0. The maximum absolute atomic E-state index is 13.0. The highest BCUT2D eigenvalue weighted by atomic mass is 16.5. The monoisotopic (exact) mass is 546 g/mol. The molecule has 3 rings (SSSR count). The van der Waals surface area contributed by atoms with E-state index in [2.05, 4.69) is 37.5 Å². The van der Waals surface area contributed by atoms with E-state index in [1.807, 2.05) is 60.7 Å². The predicted molar refractivity (Wildman–Crippen MR) is 168 cm³/mol. The maximum Gasteiger partial charge on any atom is 0.185 e. The summed E-state index contributed by atoms with van der Waals surface area (Å²) in [6, 6.07) is 16.2. The minimum absolute atomic E-state index is 0.155. The number of benzene rings is 2. The molecule has 5 nitrogen and oxygen atoms in total. The lowest BCUT2D eigenvalue weighted by Crippen LogP contribution is -2.24. The summed E-state index contributed by atoms with van der Waals surface area (Å²) in [6.07, 6.45) is 10.0. The lowest BCUT2D eigenvalue weighted by atomic mass is 10.1. The third-order valence-corrected chi connectivity index (χ3v) is 7.75. The second kappa shape index (κ2) is 17.7. The number of hydrogen-bond donors (Lipinski definition) is 0. The van der Waals surface area contributed by atoms with Crippen LogP contribution in [0.1, 0.15) is 77.3 Å². The number of allylic oxidation sites excluding steroid dienone is 2. The van der Waals surface area contributed by atoms with Crippen molar-refractivity contribution < 1.29 is 14.3 Å². The Balaban J connectivity index is 1.43. The van der Waals surface area contributed by atoms with Crippen LogP contribution < -0.4 is 9.47 Å². The van der Waals surface area contributed by atoms with Gasteiger partial charge in [-0.3, -0.25) is 4.79 Å². The van der Waals surface area contributed by atoms with Crippen LogP contribution in [0.25, 0.3) is 12.2 Å². The van der Waals surface area contributed by atoms with Crippen LogP contribution in [0.15, 0.2) is 59.7 Å². The molecule has 0 atom stereocenters. The van der Waals surface area contributed by atoms with Crippen LogP contribution in [0.3, 0.4) is 0 Å². The first-order chi connectivity index (χ1) is 19.6. The molecular formula is C35H50N2O3. The van der Waals surface area contributed by atoms with Gasteiger partial charge in [0.2, 0.25) is 0 Å². The molecule has 218 valence electrons. The van der Waals surface area contributed by atoms with Crippen molar-refractivity contribution in [3.05, 3.63) is 70.8 Å². The number of Topliss-reactive ketones (excluding diaryl/α,β-unsaturated/α-hetero) is 1. The zero-order chi connectivity index (χ0) is 28.6. The van der Waals surface area contributed by atoms with E-state index in [-0.39, 0.29) is 5.78 Å². The molecule has 0 aliphatic heterocycles. The minimum atomic E-state index is 0.155. The topological polar surface area (TPSA) is 42.0 Å². The van der Waals surface area contributed by atoms with Crippen LogP contribution in [0, 0.1) is 0 Å². The van der Waals surface area contributed by atoms with E-state index in [1.165, 1.54) is 0 Å². The summed E-state index contributed by atoms with van der Waals surface area (Å²) in [5.74, 6) is 1.92. The van der Waals surface area contributed by atoms with Gasteiger partial charge in [0.1, 0.15) is 11.5 Å². The smallest absolute Gasteiger partial charge is 0.185 e. The van der Waals surface area contributed by atoms with Crippen molar-refractivity contribution in [2.75, 3.05) is 52.5 Å². The number of unbranched alkanes of at least 4 members (excludes halogenated alkanes) is 2. The van der Waals surface area contributed by atoms with E-state index in [0.717, 1.165) is 125 Å². The van der Waals surface area contributed by atoms with E-state index >= 15 is 0 Å². The first kappa shape index (κ1) is 31.6. The van der Waals surface area contributed by atoms with Crippen molar-refractivity contribution >= 4 is 17.9 Å². The molecule has 1 fully saturated rings. The first-order valence-electron chi connectivity index (χ1n) is 15.4. The molecule has 2 aromatic carbocycles. The molecule has 0 radical (unpaired) electrons. The normalized spacial score (nSPS) is 15.6. The van der Waals surface area contributed by atoms with E-state index in [9.17, 15) is 4.79 Å². The lowest BCUT2D eigenvalue weighted by molar-refractivity contribution is -0.111. The van der Waals surface area contributed by atoms with E-state index in [4.69, 9.17) is 9.47 Å². The summed E-state index contributed by atoms with van der Waals surface area (Å²) in [5.41, 5.74) is 3.83. The number of rotatable bonds is 18. The summed E-state index contributed by atoms with van der Waals surface area (Å²) in [4.78, 5) is 17.9. The number of carbonyl (C=O) groups is 1. The molecule has 40 heavy (non-hydrogen) atoms. The summed E-state index contributed by atoms with van der Waals surface area (Å²) < 4.78 is 11.8. The van der Waals surface area contributed by atoms with E-state index in [0.29, 0.717) is 0 Å². The highest BCUT2D eigenvalue weighted by Gasteiger charge is 2.22. The van der Waals surface area contributed by atoms with Crippen molar-refractivity contribution in [1.29, 1.82) is 0 Å². The fourth-order valence-corrected chi connectivity index (χ4v) is 5.04. The molecule has 1 aliphatic carbocycles. The fourth-order valence-electron chi connectivity index (χ4n) is 5.04. The predicted octanol–water partition coefficient (Wildman–Crippen LogP) is 7.52. The van der Waals surface area contributed by atoms with Crippen molar-refractivity contribution in [1.82, 2.24) is 9.80 Å². The van der Waals surface area contributed by atoms with Crippen LogP contribution in [0.5, 0.6) is 11.5 Å². The molecule has 1 saturated carbocycles. The average Bonchev–Trinajstić information content (AvgIpc) is 3.32. The number of ketones is 1. The van der Waals surface area contributed by atoms with Gasteiger partial charge >= 0.3 is 0 Å². The van der Waals surface area contributed by atoms with Gasteiger partial charge in [0.25, 0.3) is 0 Å². The van der Waals surface area contributed by atoms with Crippen LogP contribution in [0.4, 0.5) is 0 Å². The van der Waals surface area contributed by atoms with Gasteiger partial charge in [0.05, 0.1) is 13.2 Å². The second-order valence-electron chi connectivity index (χ2n) is 10.5. The van der Waals surface area contributed by atoms with Crippen LogP contribution in [-0.4, -0.2) is 68.1 Å². The Hall–Kier alpha value is -2.89. The van der Waals surface area contributed by atoms with Crippen LogP contribution in [-0.2, 0) is 4.79 Å². The summed E-state index contributed by atoms with van der Waals surface area (Å²) in [7, 11) is 0. The van der Waals surface area contributed by atoms with Gasteiger partial charge in [-0.15, -0.1) is 0 Å². The van der Waals surface area contributed by atoms with E-state index in [1.54, 1.807) is 0 Å². The molecule has 0 saturated heterocycles. The van der Waals surface area contributed by atoms with Gasteiger partial charge in [-0.25, -0.2) is 0 Å². The number of ether oxygens (including phenoxy) is 2. The first-order valence-corrected chi connectivity index (χ1v) is 15.4. The van der Waals surface area contributed by atoms with Crippen molar-refractivity contribution in [2.24, 2.45) is 0 Å². The third-order valence-electron chi connectivity index (χ3n) is 7.75. The number of carbonyl (C=O) groups excluding carboxylic acids is 1. The van der Waals surface area contributed by atoms with Crippen molar-refractivity contribution in [3.63, 3.8) is 0 Å². The Morgan fingerprint density at radius 2 is 0.975 bits per heavy atom. The Labute approximate surface area is 242 Å². The molecule has 0 spiro atoms. The Bertz CT molecular complexity index is 979. The highest BCUT2D eigenvalue weighted by molar-refractivity contribution is 6.15. The molecule has 2 aromatic rings. The number of nitrogens with zero attached hydrogens (tertiary/aromatic N) is 2. The van der Waals surface area contributed by atoms with Gasteiger partial charge in [0.15, 0.2) is 5.78 Å². The quantitative estimate of drug-likeness (QED) is 0.143. The van der Waals surface area contributed by atoms with Gasteiger partial charge in [-0.05, 0) is 125 Å². The lowest BCUT2D eigenvalue weighted by Gasteiger charge is -2.17. The standard InChI is InChI=1S/C35H50N2O3/c1-5-36(6-2)23-9-11-25-39-33-19-13-29(14-20-33)27-31-17-18-32(35(31)38)28-30-15-21-34(22-16-30)40-26-12-10-24-37(7-3)8-4/h13-16,19-22,27-28H,5-12,17-18,23-26H2,1-4H3/b31-27+,32-28+. The summed E-state index contributed by atoms with van der Waals surface area (Å²) in [6.45, 7) is 17.0. The highest BCUT2D eigenvalue weighted by Crippen LogP contribution is 2.30. The van der Waals surface area contributed by atoms with Crippen molar-refractivity contribution in [3.8, 4) is 11.5 Å². The minimum Gasteiger partial charge on any atom is -0.494 e. The van der Waals surface area contributed by atoms with Gasteiger partial charge in [-0.2, -0.15) is 0 Å². The van der Waals surface area contributed by atoms with Crippen LogP contribution >= 0.6 is 0 Å². The molecule has 1 aliphatic rings. The molecule has 0 N–H and O–H groups in total. The van der Waals surface area contributed by atoms with Gasteiger partial charge in [0, 0.05) is 11.1 Å². The molecule has 0 aromatic heterocycles. The molecule has 0 heterocycles. The third kappa shape index (κ3) is 10.6. The summed E-state index contributed by atoms with van der Waals surface area (Å²) in [5, 5.41) is 0. The summed E-state index contributed by atoms with van der Waals surface area (Å²) >= 11 is 0. The van der Waals surface area contributed by atoms with Crippen LogP contribution in [0.2, 0.25) is 0 Å². The molecular weight excluding hydrogens is 496 g/mol. The largest absolute Gasteiger partial charge is 0.494 e. The Kier molecular flexibility index (Phi) is 14.0. The molecule has 5 heteroatoms. The fraction of sp³-hybridized carbons (Fsp3) is 0.514. The molecule has 0 unspecified atom stereocenters. The van der Waals surface area contributed by atoms with E-state index < -0.39 is 0 Å². The Morgan fingerprint density at radius 3 is 1.32 bits per heavy atom. The SMILES string of the molecule is CCN(CC)CCCCOc1ccc(/C=C2\CC/C(=C\c3ccc(OCCCCN(CC)CC)cc3)C2=O)cc1. The molecule has 0 bridgehead atoms. The van der Waals surface area contributed by atoms with Gasteiger partial charge in [-0.1, -0.05) is 52.0 Å². The number of hydrogen-bond acceptors (Lipinski definition) is 5. The zero-order valence-corrected chi connectivity index (χ0v) is 25.3. The van der Waals surface area contributed by atoms with Gasteiger partial charge < -0.3 is 19.3 Å².